The second-order valence-electron chi connectivity index (χ2n) is 9.12. The number of carbonyl (C=O) groups is 1. The normalized spacial score (nSPS) is 18.4. The Morgan fingerprint density at radius 1 is 1.09 bits per heavy atom. The van der Waals surface area contributed by atoms with Crippen molar-refractivity contribution in [2.24, 2.45) is 0 Å². The van der Waals surface area contributed by atoms with Gasteiger partial charge in [-0.2, -0.15) is 17.0 Å². The van der Waals surface area contributed by atoms with Crippen LogP contribution in [0.4, 0.5) is 0 Å². The second-order valence-corrected chi connectivity index (χ2v) is 11.1. The molecule has 1 aliphatic heterocycles. The number of piperazine rings is 1. The number of amides is 1. The van der Waals surface area contributed by atoms with E-state index in [9.17, 15) is 13.2 Å². The lowest BCUT2D eigenvalue weighted by atomic mass is 9.96. The third-order valence-corrected chi connectivity index (χ3v) is 9.01. The van der Waals surface area contributed by atoms with Crippen LogP contribution in [0.3, 0.4) is 0 Å². The van der Waals surface area contributed by atoms with Crippen LogP contribution < -0.4 is 4.74 Å². The molecule has 2 aliphatic rings. The van der Waals surface area contributed by atoms with Crippen molar-refractivity contribution in [2.75, 3.05) is 33.2 Å². The minimum absolute atomic E-state index is 0.0803. The summed E-state index contributed by atoms with van der Waals surface area (Å²) < 4.78 is 40.2. The molecule has 1 aromatic heterocycles. The monoisotopic (exact) mass is 490 g/mol. The summed E-state index contributed by atoms with van der Waals surface area (Å²) in [7, 11) is -1.82. The topological polar surface area (TPSA) is 96.2 Å². The minimum atomic E-state index is -3.51. The summed E-state index contributed by atoms with van der Waals surface area (Å²) >= 11 is 0. The maximum atomic E-state index is 13.1. The third kappa shape index (κ3) is 5.29. The Morgan fingerprint density at radius 3 is 2.32 bits per heavy atom. The molecular formula is C24H34N4O5S. The van der Waals surface area contributed by atoms with Crippen molar-refractivity contribution in [3.05, 3.63) is 46.8 Å². The second kappa shape index (κ2) is 10.5. The highest BCUT2D eigenvalue weighted by Gasteiger charge is 2.35. The van der Waals surface area contributed by atoms with E-state index in [4.69, 9.17) is 9.26 Å². The van der Waals surface area contributed by atoms with Crippen molar-refractivity contribution < 1.29 is 22.5 Å². The van der Waals surface area contributed by atoms with Crippen molar-refractivity contribution >= 4 is 16.1 Å². The predicted molar refractivity (Wildman–Crippen MR) is 128 cm³/mol. The van der Waals surface area contributed by atoms with Crippen molar-refractivity contribution in [1.29, 1.82) is 0 Å². The molecule has 1 aromatic carbocycles. The molecule has 0 N–H and O–H groups in total. The molecule has 0 unspecified atom stereocenters. The van der Waals surface area contributed by atoms with E-state index in [0.29, 0.717) is 44.1 Å². The Labute approximate surface area is 201 Å². The number of carbonyl (C=O) groups excluding carboxylic acids is 1. The molecule has 0 bridgehead atoms. The SMILES string of the molecule is Cc1noc(C)c1COc1ccc(C(=O)N2CCN(S(=O)(=O)N(C)C3CCCCC3)CC2)cc1. The number of ether oxygens (including phenoxy) is 1. The summed E-state index contributed by atoms with van der Waals surface area (Å²) in [5.41, 5.74) is 2.28. The third-order valence-electron chi connectivity index (χ3n) is 6.97. The summed E-state index contributed by atoms with van der Waals surface area (Å²) in [6, 6.07) is 7.10. The van der Waals surface area contributed by atoms with Crippen LogP contribution in [0.25, 0.3) is 0 Å². The van der Waals surface area contributed by atoms with Crippen LogP contribution in [-0.4, -0.2) is 72.3 Å². The standard InChI is InChI=1S/C24H34N4O5S/c1-18-23(19(2)33-25-18)17-32-22-11-9-20(10-12-22)24(29)27-13-15-28(16-14-27)34(30,31)26(3)21-7-5-4-6-8-21/h9-12,21H,4-8,13-17H2,1-3H3. The van der Waals surface area contributed by atoms with Gasteiger partial charge in [-0.1, -0.05) is 24.4 Å². The van der Waals surface area contributed by atoms with E-state index in [0.717, 1.165) is 42.7 Å². The lowest BCUT2D eigenvalue weighted by molar-refractivity contribution is 0.0693. The highest BCUT2D eigenvalue weighted by atomic mass is 32.2. The number of nitrogens with zero attached hydrogens (tertiary/aromatic N) is 4. The number of hydrogen-bond acceptors (Lipinski definition) is 6. The van der Waals surface area contributed by atoms with Gasteiger partial charge >= 0.3 is 0 Å². The first-order valence-electron chi connectivity index (χ1n) is 11.9. The first-order chi connectivity index (χ1) is 16.3. The van der Waals surface area contributed by atoms with Crippen LogP contribution in [0.2, 0.25) is 0 Å². The molecule has 10 heteroatoms. The molecule has 9 nitrogen and oxygen atoms in total. The van der Waals surface area contributed by atoms with Crippen LogP contribution in [0, 0.1) is 13.8 Å². The van der Waals surface area contributed by atoms with Gasteiger partial charge in [0.1, 0.15) is 18.1 Å². The molecule has 4 rings (SSSR count). The van der Waals surface area contributed by atoms with Gasteiger partial charge in [0.05, 0.1) is 11.3 Å². The van der Waals surface area contributed by atoms with Crippen LogP contribution >= 0.6 is 0 Å². The van der Waals surface area contributed by atoms with Gasteiger partial charge in [0.15, 0.2) is 0 Å². The summed E-state index contributed by atoms with van der Waals surface area (Å²) in [5, 5.41) is 3.92. The molecule has 2 aromatic rings. The van der Waals surface area contributed by atoms with Crippen molar-refractivity contribution in [3.63, 3.8) is 0 Å². The molecule has 0 atom stereocenters. The summed E-state index contributed by atoms with van der Waals surface area (Å²) in [6.45, 7) is 5.44. The number of aryl methyl sites for hydroxylation is 2. The Balaban J connectivity index is 1.30. The largest absolute Gasteiger partial charge is 0.489 e. The quantitative estimate of drug-likeness (QED) is 0.592. The van der Waals surface area contributed by atoms with Crippen LogP contribution in [0.15, 0.2) is 28.8 Å². The zero-order valence-electron chi connectivity index (χ0n) is 20.2. The summed E-state index contributed by atoms with van der Waals surface area (Å²) in [6.07, 6.45) is 5.19. The predicted octanol–water partition coefficient (Wildman–Crippen LogP) is 3.14. The van der Waals surface area contributed by atoms with Gasteiger partial charge in [-0.25, -0.2) is 0 Å². The van der Waals surface area contributed by atoms with E-state index in [-0.39, 0.29) is 11.9 Å². The van der Waals surface area contributed by atoms with Crippen molar-refractivity contribution in [1.82, 2.24) is 18.7 Å². The molecule has 2 heterocycles. The average Bonchev–Trinajstić information content (AvgIpc) is 3.19. The number of hydrogen-bond donors (Lipinski definition) is 0. The smallest absolute Gasteiger partial charge is 0.282 e. The lowest BCUT2D eigenvalue weighted by Crippen LogP contribution is -2.55. The van der Waals surface area contributed by atoms with Crippen molar-refractivity contribution in [2.45, 2.75) is 58.6 Å². The fourth-order valence-electron chi connectivity index (χ4n) is 4.68. The van der Waals surface area contributed by atoms with E-state index in [1.165, 1.54) is 10.7 Å². The molecular weight excluding hydrogens is 456 g/mol. The molecule has 186 valence electrons. The molecule has 2 fully saturated rings. The molecule has 1 saturated heterocycles. The highest BCUT2D eigenvalue weighted by molar-refractivity contribution is 7.86. The molecule has 0 radical (unpaired) electrons. The maximum Gasteiger partial charge on any atom is 0.282 e. The highest BCUT2D eigenvalue weighted by Crippen LogP contribution is 2.25. The number of benzene rings is 1. The molecule has 1 amide bonds. The van der Waals surface area contributed by atoms with Gasteiger partial charge in [0.25, 0.3) is 16.1 Å². The van der Waals surface area contributed by atoms with Gasteiger partial charge in [-0.15, -0.1) is 0 Å². The Bertz CT molecular complexity index is 1070. The zero-order valence-corrected chi connectivity index (χ0v) is 21.0. The summed E-state index contributed by atoms with van der Waals surface area (Å²) in [4.78, 5) is 14.7. The summed E-state index contributed by atoms with van der Waals surface area (Å²) in [5.74, 6) is 1.28. The van der Waals surface area contributed by atoms with Crippen LogP contribution in [-0.2, 0) is 16.8 Å². The number of rotatable bonds is 7. The molecule has 0 spiro atoms. The average molecular weight is 491 g/mol. The Hall–Kier alpha value is -2.43. The molecule has 1 aliphatic carbocycles. The zero-order chi connectivity index (χ0) is 24.3. The Kier molecular flexibility index (Phi) is 7.59. The van der Waals surface area contributed by atoms with Gasteiger partial charge in [-0.05, 0) is 51.0 Å². The number of aromatic nitrogens is 1. The van der Waals surface area contributed by atoms with Gasteiger partial charge < -0.3 is 14.2 Å². The molecule has 1 saturated carbocycles. The maximum absolute atomic E-state index is 13.1. The van der Waals surface area contributed by atoms with E-state index in [1.54, 1.807) is 40.5 Å². The van der Waals surface area contributed by atoms with E-state index in [1.807, 2.05) is 13.8 Å². The first kappa shape index (κ1) is 24.7. The lowest BCUT2D eigenvalue weighted by Gasteiger charge is -2.38. The first-order valence-corrected chi connectivity index (χ1v) is 13.3. The van der Waals surface area contributed by atoms with Crippen molar-refractivity contribution in [3.8, 4) is 5.75 Å². The van der Waals surface area contributed by atoms with Gasteiger partial charge in [-0.3, -0.25) is 4.79 Å². The minimum Gasteiger partial charge on any atom is -0.489 e. The van der Waals surface area contributed by atoms with E-state index in [2.05, 4.69) is 5.16 Å². The van der Waals surface area contributed by atoms with Crippen LogP contribution in [0.5, 0.6) is 5.75 Å². The van der Waals surface area contributed by atoms with E-state index < -0.39 is 10.2 Å². The Morgan fingerprint density at radius 2 is 1.74 bits per heavy atom. The fraction of sp³-hybridized carbons (Fsp3) is 0.583. The fourth-order valence-corrected chi connectivity index (χ4v) is 6.25. The van der Waals surface area contributed by atoms with Gasteiger partial charge in [0, 0.05) is 44.8 Å². The van der Waals surface area contributed by atoms with Gasteiger partial charge in [0.2, 0.25) is 0 Å². The molecule has 34 heavy (non-hydrogen) atoms. The van der Waals surface area contributed by atoms with Crippen LogP contribution in [0.1, 0.15) is 59.5 Å². The van der Waals surface area contributed by atoms with E-state index >= 15 is 0 Å².